The van der Waals surface area contributed by atoms with Crippen molar-refractivity contribution in [3.63, 3.8) is 0 Å². The molecule has 1 amide bonds. The van der Waals surface area contributed by atoms with Crippen molar-refractivity contribution in [2.45, 2.75) is 26.8 Å². The molecule has 8 heteroatoms. The van der Waals surface area contributed by atoms with Gasteiger partial charge in [-0.1, -0.05) is 12.1 Å². The number of pyridine rings is 1. The Labute approximate surface area is 173 Å². The number of anilines is 1. The molecule has 1 N–H and O–H groups in total. The Balaban J connectivity index is 1.42. The highest BCUT2D eigenvalue weighted by molar-refractivity contribution is 5.92. The highest BCUT2D eigenvalue weighted by atomic mass is 16.1. The quantitative estimate of drug-likeness (QED) is 0.556. The first kappa shape index (κ1) is 19.3. The lowest BCUT2D eigenvalue weighted by Gasteiger charge is -2.05. The Morgan fingerprint density at radius 2 is 2.00 bits per heavy atom. The average Bonchev–Trinajstić information content (AvgIpc) is 3.26. The summed E-state index contributed by atoms with van der Waals surface area (Å²) in [5, 5.41) is 21.8. The molecule has 3 heterocycles. The summed E-state index contributed by atoms with van der Waals surface area (Å²) < 4.78 is 3.52. The molecule has 0 bridgehead atoms. The number of nitrogens with one attached hydrogen (secondary N) is 1. The Hall–Kier alpha value is -3.99. The van der Waals surface area contributed by atoms with Gasteiger partial charge in [0.05, 0.1) is 29.9 Å². The van der Waals surface area contributed by atoms with Gasteiger partial charge in [-0.3, -0.25) is 14.2 Å². The maximum absolute atomic E-state index is 12.5. The van der Waals surface area contributed by atoms with E-state index in [4.69, 9.17) is 5.26 Å². The Kier molecular flexibility index (Phi) is 5.02. The molecule has 0 radical (unpaired) electrons. The van der Waals surface area contributed by atoms with Gasteiger partial charge in [-0.2, -0.15) is 15.5 Å². The zero-order chi connectivity index (χ0) is 21.3. The standard InChI is InChI=1S/C22H21N7O/c1-14-4-6-17(24-19(14)12-23)13-29-9-8-21(27-29)25-22(30)11-16-5-7-20-18(10-16)15(2)26-28(20)3/h4-10H,11,13H2,1-3H3,(H,25,27,30). The number of carbonyl (C=O) groups is 1. The van der Waals surface area contributed by atoms with E-state index in [0.29, 0.717) is 18.1 Å². The van der Waals surface area contributed by atoms with Crippen molar-refractivity contribution >= 4 is 22.6 Å². The molecular formula is C22H21N7O. The lowest BCUT2D eigenvalue weighted by atomic mass is 10.1. The fourth-order valence-corrected chi connectivity index (χ4v) is 3.42. The van der Waals surface area contributed by atoms with Crippen molar-refractivity contribution in [2.75, 3.05) is 5.32 Å². The number of hydrogen-bond donors (Lipinski definition) is 1. The molecule has 0 saturated carbocycles. The van der Waals surface area contributed by atoms with Crippen LogP contribution >= 0.6 is 0 Å². The summed E-state index contributed by atoms with van der Waals surface area (Å²) in [6.45, 7) is 4.23. The van der Waals surface area contributed by atoms with Crippen molar-refractivity contribution < 1.29 is 4.79 Å². The SMILES string of the molecule is Cc1ccc(Cn2ccc(NC(=O)Cc3ccc4c(c3)c(C)nn4C)n2)nc1C#N. The van der Waals surface area contributed by atoms with Gasteiger partial charge in [-0.05, 0) is 43.2 Å². The number of hydrogen-bond acceptors (Lipinski definition) is 5. The fourth-order valence-electron chi connectivity index (χ4n) is 3.42. The second kappa shape index (κ2) is 7.79. The summed E-state index contributed by atoms with van der Waals surface area (Å²) in [5.41, 5.74) is 4.89. The molecule has 0 spiro atoms. The third-order valence-electron chi connectivity index (χ3n) is 4.96. The van der Waals surface area contributed by atoms with E-state index in [1.54, 1.807) is 16.9 Å². The normalized spacial score (nSPS) is 10.9. The zero-order valence-electron chi connectivity index (χ0n) is 17.0. The van der Waals surface area contributed by atoms with Gasteiger partial charge in [0.1, 0.15) is 11.8 Å². The summed E-state index contributed by atoms with van der Waals surface area (Å²) in [4.78, 5) is 16.8. The van der Waals surface area contributed by atoms with Crippen molar-refractivity contribution in [2.24, 2.45) is 7.05 Å². The monoisotopic (exact) mass is 399 g/mol. The van der Waals surface area contributed by atoms with Crippen LogP contribution in [-0.4, -0.2) is 30.5 Å². The second-order valence-electron chi connectivity index (χ2n) is 7.26. The molecule has 150 valence electrons. The van der Waals surface area contributed by atoms with Crippen LogP contribution in [0.3, 0.4) is 0 Å². The molecule has 4 aromatic rings. The minimum Gasteiger partial charge on any atom is -0.309 e. The van der Waals surface area contributed by atoms with E-state index in [9.17, 15) is 4.79 Å². The van der Waals surface area contributed by atoms with Crippen molar-refractivity contribution in [1.82, 2.24) is 24.5 Å². The average molecular weight is 399 g/mol. The first-order valence-electron chi connectivity index (χ1n) is 9.55. The minimum atomic E-state index is -0.138. The van der Waals surface area contributed by atoms with E-state index in [1.165, 1.54) is 0 Å². The number of aromatic nitrogens is 5. The Morgan fingerprint density at radius 1 is 1.17 bits per heavy atom. The zero-order valence-corrected chi connectivity index (χ0v) is 17.0. The van der Waals surface area contributed by atoms with Crippen molar-refractivity contribution in [3.05, 3.63) is 70.8 Å². The molecule has 0 aliphatic carbocycles. The number of amides is 1. The number of aryl methyl sites for hydroxylation is 3. The van der Waals surface area contributed by atoms with E-state index >= 15 is 0 Å². The van der Waals surface area contributed by atoms with Gasteiger partial charge in [0.15, 0.2) is 5.82 Å². The van der Waals surface area contributed by atoms with E-state index in [-0.39, 0.29) is 12.3 Å². The Morgan fingerprint density at radius 3 is 2.80 bits per heavy atom. The van der Waals surface area contributed by atoms with Crippen LogP contribution in [0.1, 0.15) is 28.2 Å². The molecule has 30 heavy (non-hydrogen) atoms. The number of benzene rings is 1. The molecule has 0 saturated heterocycles. The molecule has 0 atom stereocenters. The second-order valence-corrected chi connectivity index (χ2v) is 7.26. The highest BCUT2D eigenvalue weighted by Gasteiger charge is 2.10. The fraction of sp³-hybridized carbons (Fsp3) is 0.227. The third-order valence-corrected chi connectivity index (χ3v) is 4.96. The van der Waals surface area contributed by atoms with Gasteiger partial charge in [0.25, 0.3) is 0 Å². The molecule has 0 unspecified atom stereocenters. The predicted octanol–water partition coefficient (Wildman–Crippen LogP) is 2.88. The predicted molar refractivity (Wildman–Crippen MR) is 113 cm³/mol. The van der Waals surface area contributed by atoms with Gasteiger partial charge in [0.2, 0.25) is 5.91 Å². The maximum Gasteiger partial charge on any atom is 0.229 e. The molecular weight excluding hydrogens is 378 g/mol. The van der Waals surface area contributed by atoms with Crippen molar-refractivity contribution in [3.8, 4) is 6.07 Å². The summed E-state index contributed by atoms with van der Waals surface area (Å²) in [6, 6.07) is 13.5. The van der Waals surface area contributed by atoms with Crippen molar-refractivity contribution in [1.29, 1.82) is 5.26 Å². The number of fused-ring (bicyclic) bond motifs is 1. The Bertz CT molecular complexity index is 1290. The van der Waals surface area contributed by atoms with Crippen LogP contribution < -0.4 is 5.32 Å². The summed E-state index contributed by atoms with van der Waals surface area (Å²) in [7, 11) is 1.91. The van der Waals surface area contributed by atoms with Gasteiger partial charge in [-0.15, -0.1) is 0 Å². The van der Waals surface area contributed by atoms with E-state index in [1.807, 2.05) is 55.9 Å². The lowest BCUT2D eigenvalue weighted by molar-refractivity contribution is -0.115. The lowest BCUT2D eigenvalue weighted by Crippen LogP contribution is -2.15. The molecule has 0 fully saturated rings. The largest absolute Gasteiger partial charge is 0.309 e. The van der Waals surface area contributed by atoms with E-state index in [0.717, 1.165) is 33.4 Å². The van der Waals surface area contributed by atoms with Gasteiger partial charge >= 0.3 is 0 Å². The summed E-state index contributed by atoms with van der Waals surface area (Å²) in [6.07, 6.45) is 2.02. The molecule has 0 aliphatic rings. The molecule has 3 aromatic heterocycles. The summed E-state index contributed by atoms with van der Waals surface area (Å²) in [5.74, 6) is 0.340. The molecule has 0 aliphatic heterocycles. The third kappa shape index (κ3) is 3.91. The van der Waals surface area contributed by atoms with E-state index in [2.05, 4.69) is 26.6 Å². The van der Waals surface area contributed by atoms with Gasteiger partial charge in [-0.25, -0.2) is 4.98 Å². The minimum absolute atomic E-state index is 0.138. The summed E-state index contributed by atoms with van der Waals surface area (Å²) >= 11 is 0. The topological polar surface area (TPSA) is 101 Å². The maximum atomic E-state index is 12.5. The van der Waals surface area contributed by atoms with Crippen LogP contribution in [0.15, 0.2) is 42.6 Å². The van der Waals surface area contributed by atoms with Crippen LogP contribution in [0, 0.1) is 25.2 Å². The molecule has 8 nitrogen and oxygen atoms in total. The van der Waals surface area contributed by atoms with Crippen LogP contribution in [0.4, 0.5) is 5.82 Å². The first-order valence-corrected chi connectivity index (χ1v) is 9.55. The van der Waals surface area contributed by atoms with Crippen LogP contribution in [0.25, 0.3) is 10.9 Å². The number of carbonyl (C=O) groups excluding carboxylic acids is 1. The molecule has 4 rings (SSSR count). The smallest absolute Gasteiger partial charge is 0.229 e. The number of rotatable bonds is 5. The number of nitrogens with zero attached hydrogens (tertiary/aromatic N) is 6. The van der Waals surface area contributed by atoms with Crippen LogP contribution in [-0.2, 0) is 24.8 Å². The van der Waals surface area contributed by atoms with Gasteiger partial charge in [0, 0.05) is 24.7 Å². The van der Waals surface area contributed by atoms with E-state index < -0.39 is 0 Å². The van der Waals surface area contributed by atoms with Crippen LogP contribution in [0.2, 0.25) is 0 Å². The number of nitriles is 1. The van der Waals surface area contributed by atoms with Gasteiger partial charge < -0.3 is 5.32 Å². The first-order chi connectivity index (χ1) is 14.4. The molecule has 1 aromatic carbocycles. The highest BCUT2D eigenvalue weighted by Crippen LogP contribution is 2.19. The van der Waals surface area contributed by atoms with Crippen LogP contribution in [0.5, 0.6) is 0 Å².